The third kappa shape index (κ3) is 4.88. The fourth-order valence-electron chi connectivity index (χ4n) is 2.36. The van der Waals surface area contributed by atoms with E-state index in [-0.39, 0.29) is 6.10 Å². The molecule has 2 rings (SSSR count). The molecule has 1 unspecified atom stereocenters. The first-order valence-electron chi connectivity index (χ1n) is 7.42. The predicted octanol–water partition coefficient (Wildman–Crippen LogP) is 3.05. The quantitative estimate of drug-likeness (QED) is 0.783. The largest absolute Gasteiger partial charge is 0.385 e. The fourth-order valence-corrected chi connectivity index (χ4v) is 2.36. The average molecular weight is 284 g/mol. The molecule has 0 bridgehead atoms. The lowest BCUT2D eigenvalue weighted by Crippen LogP contribution is -2.25. The van der Waals surface area contributed by atoms with Gasteiger partial charge in [-0.2, -0.15) is 0 Å². The number of methoxy groups -OCH3 is 1. The molecule has 0 aliphatic heterocycles. The Bertz CT molecular complexity index is 524. The zero-order valence-electron chi connectivity index (χ0n) is 12.6. The van der Waals surface area contributed by atoms with Crippen molar-refractivity contribution in [2.24, 2.45) is 5.73 Å². The number of ether oxygens (including phenoxy) is 1. The highest BCUT2D eigenvalue weighted by Gasteiger charge is 2.06. The van der Waals surface area contributed by atoms with Gasteiger partial charge in [0.1, 0.15) is 0 Å². The van der Waals surface area contributed by atoms with Crippen LogP contribution in [0.4, 0.5) is 5.69 Å². The van der Waals surface area contributed by atoms with E-state index in [0.717, 1.165) is 19.4 Å². The molecule has 3 N–H and O–H groups in total. The maximum atomic E-state index is 5.64. The minimum absolute atomic E-state index is 0.124. The third-order valence-corrected chi connectivity index (χ3v) is 3.63. The molecule has 0 fully saturated rings. The number of para-hydroxylation sites is 1. The Hall–Kier alpha value is -1.84. The summed E-state index contributed by atoms with van der Waals surface area (Å²) in [5.41, 5.74) is 9.46. The van der Waals surface area contributed by atoms with Gasteiger partial charge >= 0.3 is 0 Å². The SMILES string of the molecule is COC(CN)CCNc1ccccc1Cc1ccccc1. The molecule has 2 aromatic rings. The zero-order chi connectivity index (χ0) is 14.9. The third-order valence-electron chi connectivity index (χ3n) is 3.63. The highest BCUT2D eigenvalue weighted by atomic mass is 16.5. The van der Waals surface area contributed by atoms with Crippen LogP contribution in [-0.2, 0) is 11.2 Å². The van der Waals surface area contributed by atoms with Crippen molar-refractivity contribution in [2.75, 3.05) is 25.5 Å². The van der Waals surface area contributed by atoms with Crippen LogP contribution in [0.25, 0.3) is 0 Å². The Balaban J connectivity index is 1.97. The van der Waals surface area contributed by atoms with Crippen LogP contribution in [0.5, 0.6) is 0 Å². The van der Waals surface area contributed by atoms with Crippen LogP contribution in [0.2, 0.25) is 0 Å². The van der Waals surface area contributed by atoms with Crippen LogP contribution >= 0.6 is 0 Å². The molecule has 2 aromatic carbocycles. The summed E-state index contributed by atoms with van der Waals surface area (Å²) < 4.78 is 5.30. The van der Waals surface area contributed by atoms with Crippen LogP contribution in [-0.4, -0.2) is 26.3 Å². The maximum Gasteiger partial charge on any atom is 0.0710 e. The lowest BCUT2D eigenvalue weighted by atomic mass is 10.0. The fraction of sp³-hybridized carbons (Fsp3) is 0.333. The van der Waals surface area contributed by atoms with Gasteiger partial charge in [-0.3, -0.25) is 0 Å². The number of nitrogens with one attached hydrogen (secondary N) is 1. The van der Waals surface area contributed by atoms with Crippen LogP contribution in [0.3, 0.4) is 0 Å². The summed E-state index contributed by atoms with van der Waals surface area (Å²) in [6.07, 6.45) is 1.97. The van der Waals surface area contributed by atoms with Crippen LogP contribution in [0.1, 0.15) is 17.5 Å². The van der Waals surface area contributed by atoms with Gasteiger partial charge in [0.15, 0.2) is 0 Å². The van der Waals surface area contributed by atoms with Gasteiger partial charge < -0.3 is 15.8 Å². The van der Waals surface area contributed by atoms with Crippen molar-refractivity contribution in [3.63, 3.8) is 0 Å². The van der Waals surface area contributed by atoms with Gasteiger partial charge in [-0.25, -0.2) is 0 Å². The van der Waals surface area contributed by atoms with E-state index in [1.807, 2.05) is 6.07 Å². The second-order valence-corrected chi connectivity index (χ2v) is 5.13. The standard InChI is InChI=1S/C18H24N2O/c1-21-17(14-19)11-12-20-18-10-6-5-9-16(18)13-15-7-3-2-4-8-15/h2-10,17,20H,11-14,19H2,1H3. The van der Waals surface area contributed by atoms with E-state index in [9.17, 15) is 0 Å². The van der Waals surface area contributed by atoms with E-state index in [2.05, 4.69) is 53.8 Å². The van der Waals surface area contributed by atoms with Crippen molar-refractivity contribution in [1.29, 1.82) is 0 Å². The van der Waals surface area contributed by atoms with Crippen molar-refractivity contribution in [1.82, 2.24) is 0 Å². The molecule has 0 radical (unpaired) electrons. The number of hydrogen-bond donors (Lipinski definition) is 2. The molecule has 21 heavy (non-hydrogen) atoms. The number of anilines is 1. The monoisotopic (exact) mass is 284 g/mol. The molecule has 0 aromatic heterocycles. The Labute approximate surface area is 127 Å². The summed E-state index contributed by atoms with van der Waals surface area (Å²) in [5, 5.41) is 3.50. The molecule has 0 spiro atoms. The zero-order valence-corrected chi connectivity index (χ0v) is 12.6. The minimum atomic E-state index is 0.124. The normalized spacial score (nSPS) is 12.1. The Morgan fingerprint density at radius 2 is 1.76 bits per heavy atom. The highest BCUT2D eigenvalue weighted by molar-refractivity contribution is 5.52. The summed E-state index contributed by atoms with van der Waals surface area (Å²) in [6, 6.07) is 19.0. The van der Waals surface area contributed by atoms with Crippen molar-refractivity contribution in [2.45, 2.75) is 18.9 Å². The second kappa shape index (κ2) is 8.45. The predicted molar refractivity (Wildman–Crippen MR) is 88.6 cm³/mol. The summed E-state index contributed by atoms with van der Waals surface area (Å²) in [7, 11) is 1.71. The molecular weight excluding hydrogens is 260 g/mol. The number of rotatable bonds is 8. The Morgan fingerprint density at radius 1 is 1.05 bits per heavy atom. The molecule has 0 aliphatic rings. The number of hydrogen-bond acceptors (Lipinski definition) is 3. The Kier molecular flexibility index (Phi) is 6.25. The first kappa shape index (κ1) is 15.5. The van der Waals surface area contributed by atoms with Crippen LogP contribution in [0, 0.1) is 0 Å². The van der Waals surface area contributed by atoms with Crippen molar-refractivity contribution < 1.29 is 4.74 Å². The molecule has 3 heteroatoms. The minimum Gasteiger partial charge on any atom is -0.385 e. The van der Waals surface area contributed by atoms with E-state index < -0.39 is 0 Å². The topological polar surface area (TPSA) is 47.3 Å². The van der Waals surface area contributed by atoms with Crippen molar-refractivity contribution in [3.8, 4) is 0 Å². The number of nitrogens with two attached hydrogens (primary N) is 1. The molecular formula is C18H24N2O. The van der Waals surface area contributed by atoms with E-state index in [1.54, 1.807) is 7.11 Å². The molecule has 0 saturated heterocycles. The van der Waals surface area contributed by atoms with E-state index in [0.29, 0.717) is 6.54 Å². The summed E-state index contributed by atoms with van der Waals surface area (Å²) in [6.45, 7) is 1.42. The van der Waals surface area contributed by atoms with Gasteiger partial charge in [0, 0.05) is 25.9 Å². The van der Waals surface area contributed by atoms with Gasteiger partial charge in [-0.1, -0.05) is 48.5 Å². The second-order valence-electron chi connectivity index (χ2n) is 5.13. The van der Waals surface area contributed by atoms with Gasteiger partial charge in [0.05, 0.1) is 6.10 Å². The molecule has 0 heterocycles. The first-order valence-corrected chi connectivity index (χ1v) is 7.42. The maximum absolute atomic E-state index is 5.64. The number of benzene rings is 2. The van der Waals surface area contributed by atoms with Crippen molar-refractivity contribution >= 4 is 5.69 Å². The lowest BCUT2D eigenvalue weighted by molar-refractivity contribution is 0.105. The lowest BCUT2D eigenvalue weighted by Gasteiger charge is -2.16. The summed E-state index contributed by atoms with van der Waals surface area (Å²) in [5.74, 6) is 0. The van der Waals surface area contributed by atoms with E-state index in [4.69, 9.17) is 10.5 Å². The van der Waals surface area contributed by atoms with Gasteiger partial charge in [-0.15, -0.1) is 0 Å². The Morgan fingerprint density at radius 3 is 2.48 bits per heavy atom. The van der Waals surface area contributed by atoms with Crippen LogP contribution in [0.15, 0.2) is 54.6 Å². The van der Waals surface area contributed by atoms with Crippen molar-refractivity contribution in [3.05, 3.63) is 65.7 Å². The smallest absolute Gasteiger partial charge is 0.0710 e. The highest BCUT2D eigenvalue weighted by Crippen LogP contribution is 2.19. The molecule has 3 nitrogen and oxygen atoms in total. The molecule has 0 saturated carbocycles. The molecule has 112 valence electrons. The van der Waals surface area contributed by atoms with Gasteiger partial charge in [0.25, 0.3) is 0 Å². The summed E-state index contributed by atoms with van der Waals surface area (Å²) >= 11 is 0. The molecule has 0 amide bonds. The van der Waals surface area contributed by atoms with E-state index >= 15 is 0 Å². The summed E-state index contributed by atoms with van der Waals surface area (Å²) in [4.78, 5) is 0. The average Bonchev–Trinajstić information content (AvgIpc) is 2.54. The van der Waals surface area contributed by atoms with Crippen LogP contribution < -0.4 is 11.1 Å². The van der Waals surface area contributed by atoms with Gasteiger partial charge in [0.2, 0.25) is 0 Å². The molecule has 1 atom stereocenters. The first-order chi connectivity index (χ1) is 10.3. The van der Waals surface area contributed by atoms with E-state index in [1.165, 1.54) is 16.8 Å². The molecule has 0 aliphatic carbocycles. The van der Waals surface area contributed by atoms with Gasteiger partial charge in [-0.05, 0) is 30.0 Å².